The first-order valence-electron chi connectivity index (χ1n) is 13.2. The van der Waals surface area contributed by atoms with Crippen LogP contribution in [0.25, 0.3) is 65.0 Å². The summed E-state index contributed by atoms with van der Waals surface area (Å²) in [6.45, 7) is 0. The van der Waals surface area contributed by atoms with E-state index in [1.807, 2.05) is 18.2 Å². The van der Waals surface area contributed by atoms with Gasteiger partial charge in [0.1, 0.15) is 16.9 Å². The summed E-state index contributed by atoms with van der Waals surface area (Å²) in [5.74, 6) is 0.310. The Hall–Kier alpha value is -5.28. The summed E-state index contributed by atoms with van der Waals surface area (Å²) in [5, 5.41) is 21.9. The van der Waals surface area contributed by atoms with E-state index in [0.717, 1.165) is 65.9 Å². The Balaban J connectivity index is 1.42. The van der Waals surface area contributed by atoms with Gasteiger partial charge in [0.15, 0.2) is 0 Å². The molecule has 0 aliphatic heterocycles. The maximum Gasteiger partial charge on any atom is 0.136 e. The fourth-order valence-corrected chi connectivity index (χ4v) is 6.58. The van der Waals surface area contributed by atoms with E-state index in [0.29, 0.717) is 5.75 Å². The van der Waals surface area contributed by atoms with Crippen molar-refractivity contribution in [1.82, 2.24) is 0 Å². The lowest BCUT2D eigenvalue weighted by Gasteiger charge is -2.28. The van der Waals surface area contributed by atoms with Crippen molar-refractivity contribution in [2.45, 2.75) is 0 Å². The van der Waals surface area contributed by atoms with Gasteiger partial charge in [-0.05, 0) is 64.0 Å². The molecule has 8 aromatic carbocycles. The molecule has 0 unspecified atom stereocenters. The second-order valence-corrected chi connectivity index (χ2v) is 10.3. The minimum atomic E-state index is 0.310. The minimum Gasteiger partial charge on any atom is -0.507 e. The van der Waals surface area contributed by atoms with Gasteiger partial charge in [-0.1, -0.05) is 78.9 Å². The molecule has 3 heteroatoms. The van der Waals surface area contributed by atoms with Crippen molar-refractivity contribution >= 4 is 82.1 Å². The smallest absolute Gasteiger partial charge is 0.136 e. The number of anilines is 3. The summed E-state index contributed by atoms with van der Waals surface area (Å²) in [5.41, 5.74) is 5.09. The highest BCUT2D eigenvalue weighted by Crippen LogP contribution is 2.48. The van der Waals surface area contributed by atoms with Gasteiger partial charge >= 0.3 is 0 Å². The lowest BCUT2D eigenvalue weighted by atomic mass is 9.92. The molecule has 3 nitrogen and oxygen atoms in total. The van der Waals surface area contributed by atoms with E-state index in [1.54, 1.807) is 6.07 Å². The summed E-state index contributed by atoms with van der Waals surface area (Å²) >= 11 is 0. The van der Waals surface area contributed by atoms with Gasteiger partial charge in [-0.2, -0.15) is 0 Å². The molecule has 0 saturated heterocycles. The predicted octanol–water partition coefficient (Wildman–Crippen LogP) is 10.2. The molecular formula is C36H21NO2. The Kier molecular flexibility index (Phi) is 3.93. The van der Waals surface area contributed by atoms with Crippen LogP contribution in [0.1, 0.15) is 0 Å². The zero-order valence-electron chi connectivity index (χ0n) is 20.8. The molecule has 1 N–H and O–H groups in total. The first-order valence-corrected chi connectivity index (χ1v) is 13.2. The van der Waals surface area contributed by atoms with Gasteiger partial charge in [-0.3, -0.25) is 0 Å². The first-order chi connectivity index (χ1) is 19.3. The third kappa shape index (κ3) is 2.71. The second-order valence-electron chi connectivity index (χ2n) is 10.3. The van der Waals surface area contributed by atoms with Crippen molar-refractivity contribution in [2.24, 2.45) is 0 Å². The number of hydrogen-bond acceptors (Lipinski definition) is 3. The molecule has 9 rings (SSSR count). The molecule has 0 atom stereocenters. The minimum absolute atomic E-state index is 0.310. The number of benzene rings is 8. The van der Waals surface area contributed by atoms with Crippen LogP contribution in [-0.4, -0.2) is 5.11 Å². The molecule has 0 amide bonds. The van der Waals surface area contributed by atoms with Gasteiger partial charge < -0.3 is 14.4 Å². The molecule has 0 bridgehead atoms. The number of rotatable bonds is 3. The van der Waals surface area contributed by atoms with Crippen LogP contribution in [0, 0.1) is 0 Å². The third-order valence-corrected chi connectivity index (χ3v) is 8.26. The number of nitrogens with zero attached hydrogens (tertiary/aromatic N) is 1. The highest BCUT2D eigenvalue weighted by molar-refractivity contribution is 6.28. The highest BCUT2D eigenvalue weighted by atomic mass is 16.3. The van der Waals surface area contributed by atoms with E-state index < -0.39 is 0 Å². The Bertz CT molecular complexity index is 2350. The van der Waals surface area contributed by atoms with E-state index in [-0.39, 0.29) is 0 Å². The van der Waals surface area contributed by atoms with E-state index >= 15 is 0 Å². The van der Waals surface area contributed by atoms with E-state index in [1.165, 1.54) is 16.2 Å². The first kappa shape index (κ1) is 20.7. The summed E-state index contributed by atoms with van der Waals surface area (Å²) < 4.78 is 6.28. The van der Waals surface area contributed by atoms with E-state index in [9.17, 15) is 5.11 Å². The van der Waals surface area contributed by atoms with Gasteiger partial charge in [0, 0.05) is 38.0 Å². The average molecular weight is 500 g/mol. The van der Waals surface area contributed by atoms with Crippen molar-refractivity contribution in [3.05, 3.63) is 121 Å². The van der Waals surface area contributed by atoms with Gasteiger partial charge in [0.2, 0.25) is 0 Å². The van der Waals surface area contributed by atoms with Crippen LogP contribution in [0.4, 0.5) is 17.1 Å². The van der Waals surface area contributed by atoms with Crippen LogP contribution in [0.5, 0.6) is 5.75 Å². The fourth-order valence-electron chi connectivity index (χ4n) is 6.58. The van der Waals surface area contributed by atoms with Crippen LogP contribution in [-0.2, 0) is 0 Å². The van der Waals surface area contributed by atoms with Gasteiger partial charge in [-0.15, -0.1) is 0 Å². The standard InChI is InChI=1S/C36H21NO2/c38-30-19-13-23-10-14-25-28(17-12-22-11-16-27(30)34(23)33(22)25)37(24-6-2-1-3-7-24)29-18-20-32-36-26(29)15-9-21-5-4-8-31(39-32)35(21)36/h1-20,38H. The monoisotopic (exact) mass is 499 g/mol. The van der Waals surface area contributed by atoms with Gasteiger partial charge in [0.25, 0.3) is 0 Å². The summed E-state index contributed by atoms with van der Waals surface area (Å²) in [7, 11) is 0. The number of phenols is 1. The van der Waals surface area contributed by atoms with Crippen LogP contribution < -0.4 is 4.90 Å². The Morgan fingerprint density at radius 1 is 0.436 bits per heavy atom. The maximum absolute atomic E-state index is 10.7. The average Bonchev–Trinajstić information content (AvgIpc) is 3.37. The Labute approximate surface area is 223 Å². The molecule has 0 aliphatic rings. The molecule has 0 spiro atoms. The summed E-state index contributed by atoms with van der Waals surface area (Å²) in [4.78, 5) is 2.36. The topological polar surface area (TPSA) is 36.6 Å². The normalized spacial score (nSPS) is 12.2. The number of aromatic hydroxyl groups is 1. The molecule has 0 saturated carbocycles. The molecule has 39 heavy (non-hydrogen) atoms. The zero-order valence-corrected chi connectivity index (χ0v) is 20.8. The second kappa shape index (κ2) is 7.40. The number of para-hydroxylation sites is 1. The van der Waals surface area contributed by atoms with Crippen LogP contribution in [0.2, 0.25) is 0 Å². The molecular weight excluding hydrogens is 478 g/mol. The molecule has 182 valence electrons. The summed E-state index contributed by atoms with van der Waals surface area (Å²) in [6.07, 6.45) is 0. The van der Waals surface area contributed by atoms with Crippen LogP contribution >= 0.6 is 0 Å². The molecule has 9 aromatic rings. The van der Waals surface area contributed by atoms with Crippen molar-refractivity contribution in [3.63, 3.8) is 0 Å². The lowest BCUT2D eigenvalue weighted by Crippen LogP contribution is -2.11. The Morgan fingerprint density at radius 2 is 1.03 bits per heavy atom. The molecule has 0 radical (unpaired) electrons. The van der Waals surface area contributed by atoms with Crippen molar-refractivity contribution < 1.29 is 9.52 Å². The maximum atomic E-state index is 10.7. The van der Waals surface area contributed by atoms with Gasteiger partial charge in [-0.25, -0.2) is 0 Å². The quantitative estimate of drug-likeness (QED) is 0.246. The predicted molar refractivity (Wildman–Crippen MR) is 162 cm³/mol. The lowest BCUT2D eigenvalue weighted by molar-refractivity contribution is 0.482. The summed E-state index contributed by atoms with van der Waals surface area (Å²) in [6, 6.07) is 42.2. The van der Waals surface area contributed by atoms with Crippen LogP contribution in [0.15, 0.2) is 126 Å². The van der Waals surface area contributed by atoms with Gasteiger partial charge in [0.05, 0.1) is 11.4 Å². The van der Waals surface area contributed by atoms with Crippen LogP contribution in [0.3, 0.4) is 0 Å². The molecule has 0 fully saturated rings. The van der Waals surface area contributed by atoms with Crippen molar-refractivity contribution in [2.75, 3.05) is 4.90 Å². The van der Waals surface area contributed by atoms with Crippen molar-refractivity contribution in [3.8, 4) is 5.75 Å². The molecule has 0 aliphatic carbocycles. The van der Waals surface area contributed by atoms with E-state index in [2.05, 4.69) is 102 Å². The fraction of sp³-hybridized carbons (Fsp3) is 0. The molecule has 1 heterocycles. The highest BCUT2D eigenvalue weighted by Gasteiger charge is 2.23. The number of phenolic OH excluding ortho intramolecular Hbond substituents is 1. The SMILES string of the molecule is Oc1ccc2ccc3c(N(c4ccccc4)c4ccc5oc6cccc7ccc4c5c76)ccc4ccc1c2c43. The Morgan fingerprint density at radius 3 is 1.82 bits per heavy atom. The number of furan rings is 1. The van der Waals surface area contributed by atoms with Crippen molar-refractivity contribution in [1.29, 1.82) is 0 Å². The zero-order chi connectivity index (χ0) is 25.7. The largest absolute Gasteiger partial charge is 0.507 e. The van der Waals surface area contributed by atoms with E-state index in [4.69, 9.17) is 4.42 Å². The third-order valence-electron chi connectivity index (χ3n) is 8.26. The molecule has 1 aromatic heterocycles. The number of hydrogen-bond donors (Lipinski definition) is 1.